The lowest BCUT2D eigenvalue weighted by Gasteiger charge is -2.22. The molecule has 0 saturated carbocycles. The Hall–Kier alpha value is -0.130. The summed E-state index contributed by atoms with van der Waals surface area (Å²) in [7, 11) is -3.13. The number of hydrogen-bond acceptors (Lipinski definition) is 3. The van der Waals surface area contributed by atoms with Crippen molar-refractivity contribution < 1.29 is 8.42 Å². The predicted molar refractivity (Wildman–Crippen MR) is 71.4 cm³/mol. The zero-order valence-electron chi connectivity index (χ0n) is 11.4. The van der Waals surface area contributed by atoms with Gasteiger partial charge in [0.15, 0.2) is 0 Å². The van der Waals surface area contributed by atoms with Crippen LogP contribution in [0.25, 0.3) is 0 Å². The average molecular weight is 262 g/mol. The lowest BCUT2D eigenvalue weighted by Crippen LogP contribution is -2.40. The van der Waals surface area contributed by atoms with Gasteiger partial charge in [0.2, 0.25) is 10.0 Å². The smallest absolute Gasteiger partial charge is 0.211 e. The van der Waals surface area contributed by atoms with Crippen molar-refractivity contribution in [2.45, 2.75) is 46.6 Å². The third-order valence-corrected chi connectivity index (χ3v) is 4.76. The molecule has 2 unspecified atom stereocenters. The van der Waals surface area contributed by atoms with Crippen LogP contribution in [-0.4, -0.2) is 33.3 Å². The molecule has 4 nitrogen and oxygen atoms in total. The third kappa shape index (κ3) is 5.84. The minimum atomic E-state index is -3.13. The number of sulfonamides is 1. The molecule has 5 heteroatoms. The van der Waals surface area contributed by atoms with Crippen molar-refractivity contribution in [2.75, 3.05) is 18.8 Å². The molecule has 0 aromatic heterocycles. The molecule has 1 aliphatic rings. The van der Waals surface area contributed by atoms with Crippen LogP contribution in [0.4, 0.5) is 0 Å². The summed E-state index contributed by atoms with van der Waals surface area (Å²) in [6.45, 7) is 10.1. The Morgan fingerprint density at radius 3 is 2.53 bits per heavy atom. The highest BCUT2D eigenvalue weighted by atomic mass is 32.2. The zero-order valence-corrected chi connectivity index (χ0v) is 12.2. The summed E-state index contributed by atoms with van der Waals surface area (Å²) in [4.78, 5) is 0. The second-order valence-electron chi connectivity index (χ2n) is 6.29. The fraction of sp³-hybridized carbons (Fsp3) is 1.00. The molecule has 2 N–H and O–H groups in total. The SMILES string of the molecule is CC(NS(=O)(=O)CCC(C)(C)C)C1CCNC1. The van der Waals surface area contributed by atoms with Crippen LogP contribution in [0.15, 0.2) is 0 Å². The maximum Gasteiger partial charge on any atom is 0.211 e. The Kier molecular flexibility index (Phi) is 4.98. The van der Waals surface area contributed by atoms with E-state index in [0.717, 1.165) is 19.5 Å². The third-order valence-electron chi connectivity index (χ3n) is 3.29. The second-order valence-corrected chi connectivity index (χ2v) is 8.16. The maximum absolute atomic E-state index is 11.9. The van der Waals surface area contributed by atoms with Crippen LogP contribution in [-0.2, 0) is 10.0 Å². The van der Waals surface area contributed by atoms with Crippen molar-refractivity contribution in [2.24, 2.45) is 11.3 Å². The van der Waals surface area contributed by atoms with Crippen LogP contribution in [0.3, 0.4) is 0 Å². The first kappa shape index (κ1) is 14.9. The minimum absolute atomic E-state index is 0.0370. The van der Waals surface area contributed by atoms with E-state index in [0.29, 0.717) is 12.3 Å². The molecule has 0 amide bonds. The van der Waals surface area contributed by atoms with Crippen LogP contribution in [0.1, 0.15) is 40.5 Å². The first-order chi connectivity index (χ1) is 7.70. The molecular weight excluding hydrogens is 236 g/mol. The molecule has 0 aromatic carbocycles. The largest absolute Gasteiger partial charge is 0.316 e. The quantitative estimate of drug-likeness (QED) is 0.786. The first-order valence-corrected chi connectivity index (χ1v) is 8.05. The number of hydrogen-bond donors (Lipinski definition) is 2. The van der Waals surface area contributed by atoms with E-state index < -0.39 is 10.0 Å². The van der Waals surface area contributed by atoms with E-state index in [9.17, 15) is 8.42 Å². The molecule has 1 heterocycles. The molecule has 102 valence electrons. The van der Waals surface area contributed by atoms with Crippen molar-refractivity contribution in [3.05, 3.63) is 0 Å². The van der Waals surface area contributed by atoms with Crippen LogP contribution in [0.2, 0.25) is 0 Å². The van der Waals surface area contributed by atoms with Gasteiger partial charge in [-0.1, -0.05) is 20.8 Å². The van der Waals surface area contributed by atoms with Gasteiger partial charge in [0.1, 0.15) is 0 Å². The fourth-order valence-corrected chi connectivity index (χ4v) is 3.74. The zero-order chi connectivity index (χ0) is 13.1. The van der Waals surface area contributed by atoms with Gasteiger partial charge in [0, 0.05) is 6.04 Å². The monoisotopic (exact) mass is 262 g/mol. The van der Waals surface area contributed by atoms with Crippen LogP contribution >= 0.6 is 0 Å². The van der Waals surface area contributed by atoms with Crippen LogP contribution in [0, 0.1) is 11.3 Å². The molecule has 1 rings (SSSR count). The van der Waals surface area contributed by atoms with E-state index in [1.54, 1.807) is 0 Å². The van der Waals surface area contributed by atoms with E-state index in [2.05, 4.69) is 30.8 Å². The van der Waals surface area contributed by atoms with Crippen molar-refractivity contribution in [3.63, 3.8) is 0 Å². The van der Waals surface area contributed by atoms with E-state index in [-0.39, 0.29) is 17.2 Å². The Morgan fingerprint density at radius 2 is 2.06 bits per heavy atom. The molecule has 0 radical (unpaired) electrons. The van der Waals surface area contributed by atoms with Crippen molar-refractivity contribution in [3.8, 4) is 0 Å². The summed E-state index contributed by atoms with van der Waals surface area (Å²) in [5.41, 5.74) is 0.0624. The Bertz CT molecular complexity index is 327. The van der Waals surface area contributed by atoms with Gasteiger partial charge in [-0.3, -0.25) is 0 Å². The molecule has 0 aromatic rings. The summed E-state index contributed by atoms with van der Waals surface area (Å²) in [6, 6.07) is 0.0370. The highest BCUT2D eigenvalue weighted by Gasteiger charge is 2.25. The lowest BCUT2D eigenvalue weighted by atomic mass is 9.94. The van der Waals surface area contributed by atoms with E-state index in [1.165, 1.54) is 0 Å². The maximum atomic E-state index is 11.9. The molecule has 0 bridgehead atoms. The van der Waals surface area contributed by atoms with E-state index >= 15 is 0 Å². The summed E-state index contributed by atoms with van der Waals surface area (Å²) in [6.07, 6.45) is 1.75. The predicted octanol–water partition coefficient (Wildman–Crippen LogP) is 1.34. The Balaban J connectivity index is 2.42. The van der Waals surface area contributed by atoms with Gasteiger partial charge < -0.3 is 5.32 Å². The molecule has 2 atom stereocenters. The standard InChI is InChI=1S/C12H26N2O2S/c1-10(11-5-7-13-9-11)14-17(15,16)8-6-12(2,3)4/h10-11,13-14H,5-9H2,1-4H3. The summed E-state index contributed by atoms with van der Waals surface area (Å²) < 4.78 is 26.6. The summed E-state index contributed by atoms with van der Waals surface area (Å²) >= 11 is 0. The molecule has 1 aliphatic heterocycles. The molecular formula is C12H26N2O2S. The number of rotatable bonds is 5. The van der Waals surface area contributed by atoms with Gasteiger partial charge in [0.05, 0.1) is 5.75 Å². The molecule has 17 heavy (non-hydrogen) atoms. The normalized spacial score (nSPS) is 23.9. The average Bonchev–Trinajstić information content (AvgIpc) is 2.66. The van der Waals surface area contributed by atoms with Crippen molar-refractivity contribution in [1.82, 2.24) is 10.0 Å². The summed E-state index contributed by atoms with van der Waals surface area (Å²) in [5.74, 6) is 0.653. The topological polar surface area (TPSA) is 58.2 Å². The van der Waals surface area contributed by atoms with Crippen LogP contribution < -0.4 is 10.0 Å². The van der Waals surface area contributed by atoms with E-state index in [4.69, 9.17) is 0 Å². The second kappa shape index (κ2) is 5.67. The van der Waals surface area contributed by atoms with E-state index in [1.807, 2.05) is 6.92 Å². The molecule has 1 fully saturated rings. The number of nitrogens with one attached hydrogen (secondary N) is 2. The van der Waals surface area contributed by atoms with Crippen molar-refractivity contribution >= 4 is 10.0 Å². The summed E-state index contributed by atoms with van der Waals surface area (Å²) in [5, 5.41) is 3.26. The van der Waals surface area contributed by atoms with Gasteiger partial charge in [-0.25, -0.2) is 13.1 Å². The van der Waals surface area contributed by atoms with Gasteiger partial charge in [-0.2, -0.15) is 0 Å². The highest BCUT2D eigenvalue weighted by Crippen LogP contribution is 2.19. The Labute approximate surface area is 106 Å². The Morgan fingerprint density at radius 1 is 1.41 bits per heavy atom. The minimum Gasteiger partial charge on any atom is -0.316 e. The van der Waals surface area contributed by atoms with Gasteiger partial charge in [0.25, 0.3) is 0 Å². The molecule has 0 aliphatic carbocycles. The highest BCUT2D eigenvalue weighted by molar-refractivity contribution is 7.89. The van der Waals surface area contributed by atoms with Gasteiger partial charge in [-0.15, -0.1) is 0 Å². The van der Waals surface area contributed by atoms with Gasteiger partial charge >= 0.3 is 0 Å². The molecule has 1 saturated heterocycles. The fourth-order valence-electron chi connectivity index (χ4n) is 1.98. The lowest BCUT2D eigenvalue weighted by molar-refractivity contribution is 0.393. The molecule has 0 spiro atoms. The first-order valence-electron chi connectivity index (χ1n) is 6.40. The van der Waals surface area contributed by atoms with Crippen molar-refractivity contribution in [1.29, 1.82) is 0 Å². The van der Waals surface area contributed by atoms with Crippen LogP contribution in [0.5, 0.6) is 0 Å². The van der Waals surface area contributed by atoms with Gasteiger partial charge in [-0.05, 0) is 44.2 Å².